The van der Waals surface area contributed by atoms with Gasteiger partial charge in [0.05, 0.1) is 12.1 Å². The van der Waals surface area contributed by atoms with Crippen molar-refractivity contribution >= 4 is 29.5 Å². The van der Waals surface area contributed by atoms with Crippen LogP contribution in [0.25, 0.3) is 0 Å². The average molecular weight is 525 g/mol. The highest BCUT2D eigenvalue weighted by atomic mass is 35.5. The molecule has 0 aliphatic carbocycles. The molecule has 3 atom stereocenters. The number of halogens is 1. The van der Waals surface area contributed by atoms with E-state index in [4.69, 9.17) is 22.1 Å². The second-order valence-corrected chi connectivity index (χ2v) is 11.7. The van der Waals surface area contributed by atoms with Crippen LogP contribution in [0.5, 0.6) is 0 Å². The first-order chi connectivity index (χ1) is 16.5. The fourth-order valence-corrected chi connectivity index (χ4v) is 4.49. The molecular weight excluding hydrogens is 484 g/mol. The Hall–Kier alpha value is -2.36. The van der Waals surface area contributed by atoms with E-state index >= 15 is 0 Å². The Labute approximate surface area is 219 Å². The molecule has 0 spiro atoms. The van der Waals surface area contributed by atoms with Crippen molar-refractivity contribution in [3.8, 4) is 0 Å². The first-order valence-corrected chi connectivity index (χ1v) is 12.7. The number of urea groups is 1. The smallest absolute Gasteiger partial charge is 0.323 e. The second-order valence-electron chi connectivity index (χ2n) is 11.3. The lowest BCUT2D eigenvalue weighted by Crippen LogP contribution is -2.61. The molecule has 3 amide bonds. The van der Waals surface area contributed by atoms with Crippen molar-refractivity contribution in [2.45, 2.75) is 78.2 Å². The number of hydrogen-bond acceptors (Lipinski definition) is 6. The highest BCUT2D eigenvalue weighted by Crippen LogP contribution is 2.46. The predicted octanol–water partition coefficient (Wildman–Crippen LogP) is 2.78. The number of ether oxygens (including phenoxy) is 1. The minimum absolute atomic E-state index is 0.0428. The van der Waals surface area contributed by atoms with Gasteiger partial charge in [-0.1, -0.05) is 51.4 Å². The first-order valence-electron chi connectivity index (χ1n) is 12.3. The molecule has 1 aromatic carbocycles. The molecule has 9 nitrogen and oxygen atoms in total. The molecule has 36 heavy (non-hydrogen) atoms. The molecule has 1 aromatic rings. The zero-order valence-corrected chi connectivity index (χ0v) is 23.1. The van der Waals surface area contributed by atoms with Gasteiger partial charge in [0.15, 0.2) is 0 Å². The molecule has 1 aliphatic rings. The van der Waals surface area contributed by atoms with Crippen LogP contribution < -0.4 is 16.4 Å². The molecule has 1 fully saturated rings. The van der Waals surface area contributed by atoms with Crippen molar-refractivity contribution in [1.29, 1.82) is 0 Å². The number of nitrogens with one attached hydrogen (secondary N) is 2. The number of benzene rings is 1. The number of hydrogen-bond donors (Lipinski definition) is 4. The fraction of sp³-hybridized carbons (Fsp3) is 0.654. The topological polar surface area (TPSA) is 134 Å². The van der Waals surface area contributed by atoms with E-state index < -0.39 is 40.7 Å². The highest BCUT2D eigenvalue weighted by Gasteiger charge is 2.50. The van der Waals surface area contributed by atoms with Gasteiger partial charge in [0.1, 0.15) is 17.7 Å². The first kappa shape index (κ1) is 29.9. The number of carbonyl (C=O) groups is 3. The third-order valence-corrected chi connectivity index (χ3v) is 6.98. The molecule has 0 radical (unpaired) electrons. The zero-order chi connectivity index (χ0) is 27.5. The summed E-state index contributed by atoms with van der Waals surface area (Å²) < 4.78 is 5.32. The molecule has 0 saturated carbocycles. The molecule has 202 valence electrons. The fourth-order valence-electron chi connectivity index (χ4n) is 4.37. The van der Waals surface area contributed by atoms with Gasteiger partial charge in [0.25, 0.3) is 0 Å². The molecule has 2 rings (SSSR count). The molecule has 1 heterocycles. The van der Waals surface area contributed by atoms with Crippen LogP contribution in [0.1, 0.15) is 60.5 Å². The van der Waals surface area contributed by atoms with Crippen molar-refractivity contribution < 1.29 is 24.2 Å². The number of nitrogens with two attached hydrogens (primary N) is 1. The molecule has 3 unspecified atom stereocenters. The van der Waals surface area contributed by atoms with Crippen molar-refractivity contribution in [2.24, 2.45) is 17.1 Å². The largest absolute Gasteiger partial charge is 0.457 e. The van der Waals surface area contributed by atoms with Gasteiger partial charge in [0.2, 0.25) is 5.91 Å². The maximum atomic E-state index is 13.5. The molecule has 0 bridgehead atoms. The van der Waals surface area contributed by atoms with Gasteiger partial charge in [-0.05, 0) is 50.8 Å². The predicted molar refractivity (Wildman–Crippen MR) is 139 cm³/mol. The Morgan fingerprint density at radius 3 is 2.28 bits per heavy atom. The Morgan fingerprint density at radius 1 is 1.19 bits per heavy atom. The van der Waals surface area contributed by atoms with Gasteiger partial charge in [-0.3, -0.25) is 9.59 Å². The van der Waals surface area contributed by atoms with Crippen LogP contribution in [-0.2, 0) is 19.9 Å². The quantitative estimate of drug-likeness (QED) is 0.386. The lowest BCUT2D eigenvalue weighted by atomic mass is 9.66. The van der Waals surface area contributed by atoms with E-state index in [1.807, 2.05) is 39.8 Å². The van der Waals surface area contributed by atoms with E-state index in [-0.39, 0.29) is 18.4 Å². The van der Waals surface area contributed by atoms with E-state index in [0.29, 0.717) is 24.5 Å². The van der Waals surface area contributed by atoms with Gasteiger partial charge in [0, 0.05) is 23.5 Å². The summed E-state index contributed by atoms with van der Waals surface area (Å²) in [7, 11) is 0. The Morgan fingerprint density at radius 2 is 1.78 bits per heavy atom. The minimum atomic E-state index is -1.13. The van der Waals surface area contributed by atoms with Crippen LogP contribution in [0.15, 0.2) is 24.3 Å². The van der Waals surface area contributed by atoms with Gasteiger partial charge in [-0.25, -0.2) is 4.79 Å². The SMILES string of the molecule is CC(N)C(=O)OC(C)(C)CNC(=O)NC(C(=O)N1CCC(O)(c2ccc(Cl)cc2)C(C)(C)C1)C(C)C. The summed E-state index contributed by atoms with van der Waals surface area (Å²) in [6.45, 7) is 13.1. The standard InChI is InChI=1S/C26H41ClN4O5/c1-16(2)20(30-23(34)29-14-25(6,7)36-22(33)17(3)28)21(32)31-13-12-26(35,24(4,5)15-31)18-8-10-19(27)11-9-18/h8-11,16-17,20,35H,12-15,28H2,1-7H3,(H2,29,30,34). The number of rotatable bonds is 8. The summed E-state index contributed by atoms with van der Waals surface area (Å²) in [6, 6.07) is 5.05. The normalized spacial score (nSPS) is 21.5. The van der Waals surface area contributed by atoms with Crippen LogP contribution in [0.4, 0.5) is 4.79 Å². The number of likely N-dealkylation sites (tertiary alicyclic amines) is 1. The molecule has 5 N–H and O–H groups in total. The average Bonchev–Trinajstić information content (AvgIpc) is 2.77. The van der Waals surface area contributed by atoms with Crippen molar-refractivity contribution in [1.82, 2.24) is 15.5 Å². The number of amides is 3. The van der Waals surface area contributed by atoms with Crippen LogP contribution in [-0.4, -0.2) is 65.2 Å². The van der Waals surface area contributed by atoms with Gasteiger partial charge in [-0.15, -0.1) is 0 Å². The molecule has 1 saturated heterocycles. The van der Waals surface area contributed by atoms with E-state index in [1.54, 1.807) is 30.9 Å². The molecule has 10 heteroatoms. The highest BCUT2D eigenvalue weighted by molar-refractivity contribution is 6.30. The second kappa shape index (κ2) is 11.4. The van der Waals surface area contributed by atoms with Crippen molar-refractivity contribution in [3.05, 3.63) is 34.9 Å². The number of esters is 1. The summed E-state index contributed by atoms with van der Waals surface area (Å²) in [5.74, 6) is -0.954. The summed E-state index contributed by atoms with van der Waals surface area (Å²) in [5, 5.41) is 17.6. The van der Waals surface area contributed by atoms with Crippen LogP contribution in [0.2, 0.25) is 5.02 Å². The monoisotopic (exact) mass is 524 g/mol. The summed E-state index contributed by atoms with van der Waals surface area (Å²) in [4.78, 5) is 39.6. The molecule has 1 aliphatic heterocycles. The molecular formula is C26H41ClN4O5. The summed E-state index contributed by atoms with van der Waals surface area (Å²) in [6.07, 6.45) is 0.351. The number of piperidine rings is 1. The van der Waals surface area contributed by atoms with Gasteiger partial charge in [-0.2, -0.15) is 0 Å². The van der Waals surface area contributed by atoms with Crippen LogP contribution >= 0.6 is 11.6 Å². The van der Waals surface area contributed by atoms with E-state index in [1.165, 1.54) is 6.92 Å². The third-order valence-electron chi connectivity index (χ3n) is 6.73. The maximum absolute atomic E-state index is 13.5. The lowest BCUT2D eigenvalue weighted by Gasteiger charge is -2.51. The van der Waals surface area contributed by atoms with E-state index in [2.05, 4.69) is 10.6 Å². The Bertz CT molecular complexity index is 948. The van der Waals surface area contributed by atoms with E-state index in [0.717, 1.165) is 5.56 Å². The van der Waals surface area contributed by atoms with Crippen molar-refractivity contribution in [3.63, 3.8) is 0 Å². The van der Waals surface area contributed by atoms with Gasteiger partial charge < -0.3 is 31.1 Å². The summed E-state index contributed by atoms with van der Waals surface area (Å²) >= 11 is 6.02. The third kappa shape index (κ3) is 7.11. The number of aliphatic hydroxyl groups is 1. The van der Waals surface area contributed by atoms with E-state index in [9.17, 15) is 19.5 Å². The maximum Gasteiger partial charge on any atom is 0.323 e. The zero-order valence-electron chi connectivity index (χ0n) is 22.4. The van der Waals surface area contributed by atoms with Crippen LogP contribution in [0, 0.1) is 11.3 Å². The molecule has 0 aromatic heterocycles. The number of carbonyl (C=O) groups excluding carboxylic acids is 3. The summed E-state index contributed by atoms with van der Waals surface area (Å²) in [5.41, 5.74) is 3.55. The van der Waals surface area contributed by atoms with Crippen LogP contribution in [0.3, 0.4) is 0 Å². The lowest BCUT2D eigenvalue weighted by molar-refractivity contribution is -0.157. The van der Waals surface area contributed by atoms with Crippen molar-refractivity contribution in [2.75, 3.05) is 19.6 Å². The Kier molecular flexibility index (Phi) is 9.42. The number of nitrogens with zero attached hydrogens (tertiary/aromatic N) is 1. The minimum Gasteiger partial charge on any atom is -0.457 e. The Balaban J connectivity index is 2.05. The van der Waals surface area contributed by atoms with Gasteiger partial charge >= 0.3 is 12.0 Å².